The normalized spacial score (nSPS) is 21.6. The van der Waals surface area contributed by atoms with Crippen molar-refractivity contribution in [2.75, 3.05) is 6.54 Å². The lowest BCUT2D eigenvalue weighted by Gasteiger charge is -2.22. The number of likely N-dealkylation sites (tertiary alicyclic amines) is 1. The van der Waals surface area contributed by atoms with Crippen molar-refractivity contribution in [1.29, 1.82) is 0 Å². The number of benzene rings is 1. The van der Waals surface area contributed by atoms with Gasteiger partial charge in [-0.15, -0.1) is 11.3 Å². The minimum Gasteiger partial charge on any atom is -0.354 e. The van der Waals surface area contributed by atoms with Crippen molar-refractivity contribution in [1.82, 2.24) is 15.2 Å². The highest BCUT2D eigenvalue weighted by molar-refractivity contribution is 7.09. The quantitative estimate of drug-likeness (QED) is 0.572. The number of carbonyl (C=O) groups excluding carboxylic acids is 3. The molecule has 2 heterocycles. The Hall–Kier alpha value is -2.80. The van der Waals surface area contributed by atoms with E-state index in [4.69, 9.17) is 0 Å². The molecule has 1 saturated heterocycles. The number of allylic oxidation sites excluding steroid dienone is 2. The Morgan fingerprint density at radius 3 is 2.37 bits per heavy atom. The van der Waals surface area contributed by atoms with Gasteiger partial charge >= 0.3 is 0 Å². The molecule has 0 saturated carbocycles. The largest absolute Gasteiger partial charge is 0.354 e. The average molecular weight is 424 g/mol. The lowest BCUT2D eigenvalue weighted by molar-refractivity contribution is -0.147. The van der Waals surface area contributed by atoms with Crippen LogP contribution in [0.25, 0.3) is 11.3 Å². The maximum atomic E-state index is 12.6. The van der Waals surface area contributed by atoms with Gasteiger partial charge in [-0.3, -0.25) is 19.3 Å². The summed E-state index contributed by atoms with van der Waals surface area (Å²) >= 11 is 1.63. The van der Waals surface area contributed by atoms with Gasteiger partial charge in [0, 0.05) is 17.5 Å². The molecular weight excluding hydrogens is 398 g/mol. The molecule has 7 heteroatoms. The minimum absolute atomic E-state index is 0.218. The lowest BCUT2D eigenvalue weighted by atomic mass is 9.85. The van der Waals surface area contributed by atoms with Crippen LogP contribution in [0.1, 0.15) is 30.3 Å². The van der Waals surface area contributed by atoms with Gasteiger partial charge in [-0.05, 0) is 38.7 Å². The molecule has 156 valence electrons. The number of imide groups is 1. The van der Waals surface area contributed by atoms with Crippen LogP contribution in [-0.2, 0) is 20.8 Å². The number of hydrogen-bond donors (Lipinski definition) is 1. The SMILES string of the molecule is Cc1nc(-c2ccc(CCNC(=O)[C@H](C)N3C(=O)C4CC=CCC4C3=O)cc2)cs1. The zero-order valence-electron chi connectivity index (χ0n) is 17.1. The standard InChI is InChI=1S/C23H25N3O3S/c1-14(26-22(28)18-5-3-4-6-19(18)23(26)29)21(27)24-12-11-16-7-9-17(10-8-16)20-13-30-15(2)25-20/h3-4,7-10,13-14,18-19H,5-6,11-12H2,1-2H3,(H,24,27)/t14-,18?,19?/m0/s1. The van der Waals surface area contributed by atoms with E-state index in [9.17, 15) is 14.4 Å². The van der Waals surface area contributed by atoms with Crippen LogP contribution < -0.4 is 5.32 Å². The van der Waals surface area contributed by atoms with Gasteiger partial charge in [-0.1, -0.05) is 36.4 Å². The molecule has 1 N–H and O–H groups in total. The summed E-state index contributed by atoms with van der Waals surface area (Å²) in [5.74, 6) is -1.34. The summed E-state index contributed by atoms with van der Waals surface area (Å²) in [5, 5.41) is 5.95. The van der Waals surface area contributed by atoms with Crippen molar-refractivity contribution in [3.63, 3.8) is 0 Å². The first-order valence-corrected chi connectivity index (χ1v) is 11.1. The third-order valence-electron chi connectivity index (χ3n) is 5.89. The molecule has 1 aromatic carbocycles. The van der Waals surface area contributed by atoms with Gasteiger partial charge < -0.3 is 5.32 Å². The van der Waals surface area contributed by atoms with Gasteiger partial charge in [-0.25, -0.2) is 4.98 Å². The number of amides is 3. The number of fused-ring (bicyclic) bond motifs is 1. The van der Waals surface area contributed by atoms with E-state index in [2.05, 4.69) is 10.3 Å². The zero-order chi connectivity index (χ0) is 21.3. The van der Waals surface area contributed by atoms with Crippen molar-refractivity contribution < 1.29 is 14.4 Å². The van der Waals surface area contributed by atoms with Crippen molar-refractivity contribution in [2.45, 2.75) is 39.2 Å². The third-order valence-corrected chi connectivity index (χ3v) is 6.66. The van der Waals surface area contributed by atoms with Crippen LogP contribution in [0.3, 0.4) is 0 Å². The number of aryl methyl sites for hydroxylation is 1. The van der Waals surface area contributed by atoms with Gasteiger partial charge in [0.2, 0.25) is 17.7 Å². The maximum Gasteiger partial charge on any atom is 0.243 e. The first kappa shape index (κ1) is 20.5. The molecular formula is C23H25N3O3S. The van der Waals surface area contributed by atoms with Crippen molar-refractivity contribution >= 4 is 29.1 Å². The minimum atomic E-state index is -0.786. The van der Waals surface area contributed by atoms with E-state index >= 15 is 0 Å². The van der Waals surface area contributed by atoms with Crippen LogP contribution in [0, 0.1) is 18.8 Å². The number of rotatable bonds is 6. The van der Waals surface area contributed by atoms with Crippen molar-refractivity contribution in [3.8, 4) is 11.3 Å². The maximum absolute atomic E-state index is 12.6. The fourth-order valence-corrected chi connectivity index (χ4v) is 4.76. The molecule has 2 unspecified atom stereocenters. The summed E-state index contributed by atoms with van der Waals surface area (Å²) in [6.45, 7) is 4.06. The first-order valence-electron chi connectivity index (χ1n) is 10.3. The van der Waals surface area contributed by atoms with Crippen LogP contribution in [-0.4, -0.2) is 40.2 Å². The van der Waals surface area contributed by atoms with Crippen LogP contribution in [0.15, 0.2) is 41.8 Å². The number of hydrogen-bond acceptors (Lipinski definition) is 5. The highest BCUT2D eigenvalue weighted by Gasteiger charge is 2.49. The second kappa shape index (κ2) is 8.52. The fourth-order valence-electron chi connectivity index (χ4n) is 4.14. The highest BCUT2D eigenvalue weighted by Crippen LogP contribution is 2.36. The Kier molecular flexibility index (Phi) is 5.81. The van der Waals surface area contributed by atoms with E-state index in [1.165, 1.54) is 4.90 Å². The molecule has 1 aromatic heterocycles. The van der Waals surface area contributed by atoms with Gasteiger partial charge in [0.05, 0.1) is 22.5 Å². The molecule has 4 rings (SSSR count). The van der Waals surface area contributed by atoms with E-state index in [0.29, 0.717) is 25.8 Å². The smallest absolute Gasteiger partial charge is 0.243 e. The molecule has 2 aromatic rings. The summed E-state index contributed by atoms with van der Waals surface area (Å²) in [6.07, 6.45) is 5.72. The van der Waals surface area contributed by atoms with Crippen LogP contribution in [0.5, 0.6) is 0 Å². The molecule has 1 aliphatic heterocycles. The Morgan fingerprint density at radius 2 is 1.80 bits per heavy atom. The second-order valence-electron chi connectivity index (χ2n) is 7.87. The summed E-state index contributed by atoms with van der Waals surface area (Å²) in [4.78, 5) is 43.5. The number of nitrogens with zero attached hydrogens (tertiary/aromatic N) is 2. The zero-order valence-corrected chi connectivity index (χ0v) is 17.9. The average Bonchev–Trinajstić information content (AvgIpc) is 3.30. The highest BCUT2D eigenvalue weighted by atomic mass is 32.1. The summed E-state index contributed by atoms with van der Waals surface area (Å²) in [7, 11) is 0. The topological polar surface area (TPSA) is 79.4 Å². The van der Waals surface area contributed by atoms with Crippen molar-refractivity contribution in [3.05, 3.63) is 52.4 Å². The Labute approximate surface area is 180 Å². The molecule has 0 bridgehead atoms. The van der Waals surface area contributed by atoms with Gasteiger partial charge in [0.15, 0.2) is 0 Å². The molecule has 0 spiro atoms. The number of thiazole rings is 1. The van der Waals surface area contributed by atoms with E-state index in [1.807, 2.05) is 48.7 Å². The predicted molar refractivity (Wildman–Crippen MR) is 116 cm³/mol. The van der Waals surface area contributed by atoms with Crippen molar-refractivity contribution in [2.24, 2.45) is 11.8 Å². The molecule has 30 heavy (non-hydrogen) atoms. The lowest BCUT2D eigenvalue weighted by Crippen LogP contribution is -2.48. The summed E-state index contributed by atoms with van der Waals surface area (Å²) < 4.78 is 0. The van der Waals surface area contributed by atoms with E-state index in [-0.39, 0.29) is 29.6 Å². The first-order chi connectivity index (χ1) is 14.5. The molecule has 2 aliphatic rings. The Balaban J connectivity index is 1.30. The van der Waals surface area contributed by atoms with Crippen LogP contribution in [0.2, 0.25) is 0 Å². The summed E-state index contributed by atoms with van der Waals surface area (Å²) in [5.41, 5.74) is 3.15. The van der Waals surface area contributed by atoms with Gasteiger partial charge in [0.1, 0.15) is 6.04 Å². The van der Waals surface area contributed by atoms with Gasteiger partial charge in [-0.2, -0.15) is 0 Å². The van der Waals surface area contributed by atoms with Gasteiger partial charge in [0.25, 0.3) is 0 Å². The molecule has 0 radical (unpaired) electrons. The fraction of sp³-hybridized carbons (Fsp3) is 0.391. The Morgan fingerprint density at radius 1 is 1.17 bits per heavy atom. The monoisotopic (exact) mass is 423 g/mol. The number of aromatic nitrogens is 1. The molecule has 3 amide bonds. The number of nitrogens with one attached hydrogen (secondary N) is 1. The van der Waals surface area contributed by atoms with E-state index in [0.717, 1.165) is 21.8 Å². The third kappa shape index (κ3) is 3.94. The number of carbonyl (C=O) groups is 3. The molecule has 1 aliphatic carbocycles. The molecule has 6 nitrogen and oxygen atoms in total. The molecule has 3 atom stereocenters. The van der Waals surface area contributed by atoms with Crippen LogP contribution >= 0.6 is 11.3 Å². The molecule has 1 fully saturated rings. The predicted octanol–water partition coefficient (Wildman–Crippen LogP) is 3.12. The van der Waals surface area contributed by atoms with Crippen LogP contribution in [0.4, 0.5) is 0 Å². The summed E-state index contributed by atoms with van der Waals surface area (Å²) in [6, 6.07) is 7.35. The van der Waals surface area contributed by atoms with E-state index < -0.39 is 6.04 Å². The Bertz CT molecular complexity index is 969. The second-order valence-corrected chi connectivity index (χ2v) is 8.93. The van der Waals surface area contributed by atoms with E-state index in [1.54, 1.807) is 18.3 Å².